The van der Waals surface area contributed by atoms with Gasteiger partial charge < -0.3 is 10.1 Å². The van der Waals surface area contributed by atoms with Crippen LogP contribution in [0.5, 0.6) is 5.75 Å². The minimum Gasteiger partial charge on any atom is -0.484 e. The quantitative estimate of drug-likeness (QED) is 0.748. The van der Waals surface area contributed by atoms with Crippen LogP contribution in [0.25, 0.3) is 5.69 Å². The molecule has 0 unspecified atom stereocenters. The first-order valence-corrected chi connectivity index (χ1v) is 7.89. The van der Waals surface area contributed by atoms with Crippen molar-refractivity contribution in [3.8, 4) is 11.4 Å². The van der Waals surface area contributed by atoms with Crippen LogP contribution in [0.4, 0.5) is 0 Å². The van der Waals surface area contributed by atoms with Crippen LogP contribution in [-0.4, -0.2) is 32.7 Å². The average Bonchev–Trinajstić information content (AvgIpc) is 3.26. The van der Waals surface area contributed by atoms with Crippen molar-refractivity contribution in [3.63, 3.8) is 0 Å². The van der Waals surface area contributed by atoms with Crippen molar-refractivity contribution >= 4 is 17.2 Å². The maximum Gasteiger partial charge on any atom is 0.258 e. The van der Waals surface area contributed by atoms with Gasteiger partial charge in [0.1, 0.15) is 12.1 Å². The Hall–Kier alpha value is -2.74. The molecular formula is C15H15N5O2S. The lowest BCUT2D eigenvalue weighted by Crippen LogP contribution is -2.30. The Morgan fingerprint density at radius 3 is 3.04 bits per heavy atom. The van der Waals surface area contributed by atoms with E-state index in [1.165, 1.54) is 11.0 Å². The number of aromatic nitrogens is 4. The number of hydrogen-bond donors (Lipinski definition) is 1. The SMILES string of the molecule is C[C@@H](NC(=O)COc1cccc(-n2cnnn2)c1)c1cccs1. The van der Waals surface area contributed by atoms with E-state index in [4.69, 9.17) is 4.74 Å². The summed E-state index contributed by atoms with van der Waals surface area (Å²) in [5.74, 6) is 0.413. The third-order valence-electron chi connectivity index (χ3n) is 3.15. The Morgan fingerprint density at radius 1 is 1.39 bits per heavy atom. The first kappa shape index (κ1) is 15.2. The van der Waals surface area contributed by atoms with Gasteiger partial charge in [-0.05, 0) is 40.9 Å². The van der Waals surface area contributed by atoms with Gasteiger partial charge in [-0.25, -0.2) is 4.68 Å². The molecule has 7 nitrogen and oxygen atoms in total. The standard InChI is InChI=1S/C15H15N5O2S/c1-11(14-6-3-7-23-14)17-15(21)9-22-13-5-2-4-12(8-13)20-10-16-18-19-20/h2-8,10-11H,9H2,1H3,(H,17,21)/t11-/m1/s1. The van der Waals surface area contributed by atoms with Crippen molar-refractivity contribution in [1.82, 2.24) is 25.5 Å². The summed E-state index contributed by atoms with van der Waals surface area (Å²) in [6.45, 7) is 1.90. The van der Waals surface area contributed by atoms with Crippen LogP contribution in [0.15, 0.2) is 48.1 Å². The van der Waals surface area contributed by atoms with Crippen LogP contribution < -0.4 is 10.1 Å². The Labute approximate surface area is 136 Å². The van der Waals surface area contributed by atoms with Crippen LogP contribution in [0.1, 0.15) is 17.8 Å². The van der Waals surface area contributed by atoms with Crippen LogP contribution in [0, 0.1) is 0 Å². The first-order chi connectivity index (χ1) is 11.2. The van der Waals surface area contributed by atoms with Gasteiger partial charge in [-0.3, -0.25) is 4.79 Å². The third-order valence-corrected chi connectivity index (χ3v) is 4.20. The van der Waals surface area contributed by atoms with Gasteiger partial charge in [-0.2, -0.15) is 0 Å². The molecule has 118 valence electrons. The zero-order chi connectivity index (χ0) is 16.1. The molecule has 0 saturated heterocycles. The van der Waals surface area contributed by atoms with E-state index < -0.39 is 0 Å². The molecule has 0 aliphatic rings. The van der Waals surface area contributed by atoms with Crippen molar-refractivity contribution in [2.45, 2.75) is 13.0 Å². The zero-order valence-electron chi connectivity index (χ0n) is 12.4. The van der Waals surface area contributed by atoms with Gasteiger partial charge in [0.15, 0.2) is 6.61 Å². The molecule has 0 bridgehead atoms. The fraction of sp³-hybridized carbons (Fsp3) is 0.200. The molecule has 0 aliphatic heterocycles. The number of carbonyl (C=O) groups excluding carboxylic acids is 1. The van der Waals surface area contributed by atoms with Gasteiger partial charge in [-0.1, -0.05) is 12.1 Å². The van der Waals surface area contributed by atoms with Gasteiger partial charge in [0.05, 0.1) is 11.7 Å². The molecule has 8 heteroatoms. The largest absolute Gasteiger partial charge is 0.484 e. The molecule has 0 radical (unpaired) electrons. The molecule has 2 aromatic heterocycles. The highest BCUT2D eigenvalue weighted by Gasteiger charge is 2.11. The number of hydrogen-bond acceptors (Lipinski definition) is 6. The van der Waals surface area contributed by atoms with E-state index in [0.717, 1.165) is 10.6 Å². The van der Waals surface area contributed by atoms with Crippen molar-refractivity contribution in [3.05, 3.63) is 53.0 Å². The first-order valence-electron chi connectivity index (χ1n) is 7.01. The fourth-order valence-corrected chi connectivity index (χ4v) is 2.77. The number of nitrogens with one attached hydrogen (secondary N) is 1. The van der Waals surface area contributed by atoms with E-state index in [1.807, 2.05) is 36.6 Å². The molecule has 0 spiro atoms. The maximum absolute atomic E-state index is 12.0. The van der Waals surface area contributed by atoms with Crippen LogP contribution >= 0.6 is 11.3 Å². The van der Waals surface area contributed by atoms with E-state index in [0.29, 0.717) is 5.75 Å². The Kier molecular flexibility index (Phi) is 4.62. The number of nitrogens with zero attached hydrogens (tertiary/aromatic N) is 4. The predicted molar refractivity (Wildman–Crippen MR) is 85.5 cm³/mol. The van der Waals surface area contributed by atoms with E-state index in [1.54, 1.807) is 23.5 Å². The fourth-order valence-electron chi connectivity index (χ4n) is 2.04. The highest BCUT2D eigenvalue weighted by Crippen LogP contribution is 2.18. The second-order valence-corrected chi connectivity index (χ2v) is 5.82. The molecule has 2 heterocycles. The number of benzene rings is 1. The molecule has 0 fully saturated rings. The molecule has 3 aromatic rings. The summed E-state index contributed by atoms with van der Waals surface area (Å²) in [5.41, 5.74) is 0.764. The van der Waals surface area contributed by atoms with Gasteiger partial charge in [0.25, 0.3) is 5.91 Å². The molecule has 1 aromatic carbocycles. The van der Waals surface area contributed by atoms with Crippen molar-refractivity contribution in [1.29, 1.82) is 0 Å². The zero-order valence-corrected chi connectivity index (χ0v) is 13.2. The lowest BCUT2D eigenvalue weighted by molar-refractivity contribution is -0.123. The Morgan fingerprint density at radius 2 is 2.30 bits per heavy atom. The number of carbonyl (C=O) groups is 1. The highest BCUT2D eigenvalue weighted by molar-refractivity contribution is 7.10. The summed E-state index contributed by atoms with van der Waals surface area (Å²) < 4.78 is 7.05. The topological polar surface area (TPSA) is 81.9 Å². The van der Waals surface area contributed by atoms with E-state index in [2.05, 4.69) is 20.8 Å². The van der Waals surface area contributed by atoms with Crippen LogP contribution in [0.3, 0.4) is 0 Å². The minimum absolute atomic E-state index is 0.0290. The molecular weight excluding hydrogens is 314 g/mol. The smallest absolute Gasteiger partial charge is 0.258 e. The molecule has 0 saturated carbocycles. The second-order valence-electron chi connectivity index (χ2n) is 4.85. The molecule has 1 N–H and O–H groups in total. The summed E-state index contributed by atoms with van der Waals surface area (Å²) in [4.78, 5) is 13.1. The second kappa shape index (κ2) is 7.01. The summed E-state index contributed by atoms with van der Waals surface area (Å²) in [5, 5.41) is 15.9. The van der Waals surface area contributed by atoms with Gasteiger partial charge in [0, 0.05) is 10.9 Å². The third kappa shape index (κ3) is 3.92. The van der Waals surface area contributed by atoms with E-state index in [-0.39, 0.29) is 18.6 Å². The van der Waals surface area contributed by atoms with Crippen molar-refractivity contribution < 1.29 is 9.53 Å². The van der Waals surface area contributed by atoms with Crippen molar-refractivity contribution in [2.24, 2.45) is 0 Å². The summed E-state index contributed by atoms with van der Waals surface area (Å²) >= 11 is 1.61. The summed E-state index contributed by atoms with van der Waals surface area (Å²) in [6.07, 6.45) is 1.49. The Balaban J connectivity index is 1.56. The molecule has 3 rings (SSSR count). The maximum atomic E-state index is 12.0. The van der Waals surface area contributed by atoms with E-state index >= 15 is 0 Å². The van der Waals surface area contributed by atoms with Gasteiger partial charge >= 0.3 is 0 Å². The minimum atomic E-state index is -0.168. The van der Waals surface area contributed by atoms with Crippen molar-refractivity contribution in [2.75, 3.05) is 6.61 Å². The normalized spacial score (nSPS) is 11.9. The lowest BCUT2D eigenvalue weighted by Gasteiger charge is -2.13. The number of amides is 1. The van der Waals surface area contributed by atoms with Gasteiger partial charge in [-0.15, -0.1) is 16.4 Å². The molecule has 23 heavy (non-hydrogen) atoms. The number of thiophene rings is 1. The van der Waals surface area contributed by atoms with Crippen LogP contribution in [-0.2, 0) is 4.79 Å². The van der Waals surface area contributed by atoms with Gasteiger partial charge in [0.2, 0.25) is 0 Å². The van der Waals surface area contributed by atoms with E-state index in [9.17, 15) is 4.79 Å². The monoisotopic (exact) mass is 329 g/mol. The average molecular weight is 329 g/mol. The molecule has 1 atom stereocenters. The summed E-state index contributed by atoms with van der Waals surface area (Å²) in [7, 11) is 0. The number of ether oxygens (including phenoxy) is 1. The summed E-state index contributed by atoms with van der Waals surface area (Å²) in [6, 6.07) is 11.1. The highest BCUT2D eigenvalue weighted by atomic mass is 32.1. The number of tetrazole rings is 1. The molecule has 0 aliphatic carbocycles. The predicted octanol–water partition coefficient (Wildman–Crippen LogP) is 1.98. The van der Waals surface area contributed by atoms with Crippen LogP contribution in [0.2, 0.25) is 0 Å². The Bertz CT molecular complexity index is 758. The number of rotatable bonds is 6. The lowest BCUT2D eigenvalue weighted by atomic mass is 10.3. The molecule has 1 amide bonds.